The van der Waals surface area contributed by atoms with Crippen molar-refractivity contribution in [2.45, 2.75) is 93.3 Å². The Morgan fingerprint density at radius 1 is 0.612 bits per heavy atom. The zero-order valence-electron chi connectivity index (χ0n) is 25.0. The van der Waals surface area contributed by atoms with Crippen molar-refractivity contribution in [1.82, 2.24) is 4.72 Å². The second-order valence-electron chi connectivity index (χ2n) is 12.0. The van der Waals surface area contributed by atoms with Gasteiger partial charge in [0.15, 0.2) is 0 Å². The number of sulfonamides is 1. The number of quaternary nitrogens is 1. The first kappa shape index (κ1) is 47.4. The van der Waals surface area contributed by atoms with Crippen LogP contribution >= 0.6 is 0 Å². The molecular weight excluding hydrogens is 764 g/mol. The third-order valence-corrected chi connectivity index (χ3v) is 8.35. The zero-order valence-corrected chi connectivity index (χ0v) is 25.8. The topological polar surface area (TPSA) is 66.4 Å². The van der Waals surface area contributed by atoms with Crippen LogP contribution in [-0.4, -0.2) is 99.6 Å². The van der Waals surface area contributed by atoms with E-state index in [0.29, 0.717) is 0 Å². The molecule has 2 N–H and O–H groups in total. The van der Waals surface area contributed by atoms with E-state index in [0.717, 1.165) is 0 Å². The van der Waals surface area contributed by atoms with Gasteiger partial charge in [-0.1, -0.05) is 0 Å². The summed E-state index contributed by atoms with van der Waals surface area (Å²) < 4.78 is 293. The van der Waals surface area contributed by atoms with Crippen LogP contribution in [0, 0.1) is 17.8 Å². The molecule has 0 saturated heterocycles. The number of nitrogens with one attached hydrogen (secondary N) is 1. The normalized spacial score (nSPS) is 17.3. The minimum Gasteiger partial charge on any atom is -0.223 e. The van der Waals surface area contributed by atoms with Crippen molar-refractivity contribution in [3.05, 3.63) is 0 Å². The van der Waals surface area contributed by atoms with Crippen LogP contribution in [-0.2, 0) is 10.0 Å². The van der Waals surface area contributed by atoms with E-state index in [-0.39, 0.29) is 13.0 Å². The summed E-state index contributed by atoms with van der Waals surface area (Å²) in [6.45, 7) is -0.568. The van der Waals surface area contributed by atoms with E-state index in [4.69, 9.17) is 0 Å². The highest BCUT2D eigenvalue weighted by molar-refractivity contribution is 7.89. The molecule has 0 rings (SSSR count). The first-order valence-corrected chi connectivity index (χ1v) is 15.1. The van der Waals surface area contributed by atoms with Crippen LogP contribution in [0.15, 0.2) is 0 Å². The lowest BCUT2D eigenvalue weighted by Crippen LogP contribution is -2.56. The van der Waals surface area contributed by atoms with Crippen LogP contribution in [0.5, 0.6) is 0 Å². The Morgan fingerprint density at radius 2 is 1.02 bits per heavy atom. The van der Waals surface area contributed by atoms with Gasteiger partial charge in [0.2, 0.25) is 10.0 Å². The molecule has 26 heteroatoms. The van der Waals surface area contributed by atoms with Gasteiger partial charge in [-0.2, -0.15) is 70.5 Å². The fourth-order valence-corrected chi connectivity index (χ4v) is 5.65. The molecule has 0 aliphatic heterocycles. The predicted octanol–water partition coefficient (Wildman–Crippen LogP) is 8.74. The molecule has 0 bridgehead atoms. The molecule has 0 amide bonds. The first-order chi connectivity index (χ1) is 21.1. The molecule has 0 aromatic carbocycles. The number of hydrogen-bond donors (Lipinski definition) is 2. The molecule has 3 unspecified atom stereocenters. The van der Waals surface area contributed by atoms with E-state index < -0.39 is 132 Å². The SMILES string of the molecule is C[N+](C)(O)CCCNS(=O)(=O)CCC(CC(CC(CC(F)(F)CC(F)(F)CC(F)(C(F)(F)F)C(F)(F)F)C(F)(F)F)C(F)(F)F)C(F)(F)F. The van der Waals surface area contributed by atoms with E-state index in [1.54, 1.807) is 4.72 Å². The van der Waals surface area contributed by atoms with Crippen LogP contribution in [0.1, 0.15) is 44.9 Å². The second kappa shape index (κ2) is 15.6. The van der Waals surface area contributed by atoms with Gasteiger partial charge in [0.25, 0.3) is 11.8 Å². The third kappa shape index (κ3) is 16.5. The van der Waals surface area contributed by atoms with Crippen molar-refractivity contribution in [2.24, 2.45) is 17.8 Å². The van der Waals surface area contributed by atoms with Gasteiger partial charge in [-0.3, -0.25) is 0 Å². The Hall–Kier alpha value is -1.57. The van der Waals surface area contributed by atoms with Crippen LogP contribution in [0.4, 0.5) is 87.8 Å². The van der Waals surface area contributed by atoms with Gasteiger partial charge in [-0.25, -0.2) is 40.3 Å². The van der Waals surface area contributed by atoms with Gasteiger partial charge in [0, 0.05) is 19.4 Å². The smallest absolute Gasteiger partial charge is 0.223 e. The molecule has 5 nitrogen and oxygen atoms in total. The van der Waals surface area contributed by atoms with Crippen molar-refractivity contribution < 1.29 is 106 Å². The molecule has 0 aliphatic carbocycles. The quantitative estimate of drug-likeness (QED) is 0.0632. The average Bonchev–Trinajstić information content (AvgIpc) is 2.77. The third-order valence-electron chi connectivity index (χ3n) is 6.93. The lowest BCUT2D eigenvalue weighted by atomic mass is 9.81. The van der Waals surface area contributed by atoms with E-state index in [2.05, 4.69) is 0 Å². The maximum atomic E-state index is 14.3. The van der Waals surface area contributed by atoms with Crippen LogP contribution < -0.4 is 4.72 Å². The Balaban J connectivity index is 6.16. The Morgan fingerprint density at radius 3 is 1.39 bits per heavy atom. The molecule has 0 heterocycles. The van der Waals surface area contributed by atoms with Gasteiger partial charge in [0.05, 0.1) is 50.4 Å². The maximum absolute atomic E-state index is 14.3. The Labute approximate surface area is 265 Å². The van der Waals surface area contributed by atoms with Crippen molar-refractivity contribution in [1.29, 1.82) is 0 Å². The molecule has 0 aromatic rings. The summed E-state index contributed by atoms with van der Waals surface area (Å²) in [5, 5.41) is 9.49. The molecule has 49 heavy (non-hydrogen) atoms. The molecule has 0 aliphatic rings. The summed E-state index contributed by atoms with van der Waals surface area (Å²) >= 11 is 0. The number of hydrogen-bond acceptors (Lipinski definition) is 3. The monoisotopic (exact) mass is 795 g/mol. The Kier molecular flexibility index (Phi) is 15.1. The number of rotatable bonds is 18. The summed E-state index contributed by atoms with van der Waals surface area (Å²) in [5.74, 6) is -24.8. The fraction of sp³-hybridized carbons (Fsp3) is 1.00. The summed E-state index contributed by atoms with van der Waals surface area (Å²) in [4.78, 5) is 0. The average molecular weight is 796 g/mol. The highest BCUT2D eigenvalue weighted by Crippen LogP contribution is 2.54. The summed E-state index contributed by atoms with van der Waals surface area (Å²) in [6.07, 6.45) is -50.5. The molecule has 0 aromatic heterocycles. The lowest BCUT2D eigenvalue weighted by molar-refractivity contribution is -1.07. The summed E-state index contributed by atoms with van der Waals surface area (Å²) in [5.41, 5.74) is -6.87. The molecule has 0 radical (unpaired) electrons. The van der Waals surface area contributed by atoms with E-state index >= 15 is 0 Å². The molecule has 0 spiro atoms. The minimum absolute atomic E-state index is 0.0875. The largest absolute Gasteiger partial charge is 0.431 e. The van der Waals surface area contributed by atoms with Crippen molar-refractivity contribution in [3.63, 3.8) is 0 Å². The molecular formula is C23H31F20N2O3S+. The van der Waals surface area contributed by atoms with Gasteiger partial charge in [-0.05, 0) is 19.3 Å². The molecule has 0 fully saturated rings. The molecule has 3 atom stereocenters. The van der Waals surface area contributed by atoms with E-state index in [1.165, 1.54) is 14.1 Å². The highest BCUT2D eigenvalue weighted by atomic mass is 32.2. The van der Waals surface area contributed by atoms with E-state index in [1.807, 2.05) is 0 Å². The predicted molar refractivity (Wildman–Crippen MR) is 127 cm³/mol. The maximum Gasteiger partial charge on any atom is 0.431 e. The number of alkyl halides is 20. The fourth-order valence-electron chi connectivity index (χ4n) is 4.45. The number of halogens is 20. The van der Waals surface area contributed by atoms with Gasteiger partial charge in [-0.15, -0.1) is 0 Å². The highest BCUT2D eigenvalue weighted by Gasteiger charge is 2.75. The Bertz CT molecular complexity index is 1120. The molecule has 296 valence electrons. The zero-order chi connectivity index (χ0) is 39.5. The van der Waals surface area contributed by atoms with E-state index in [9.17, 15) is 101 Å². The first-order valence-electron chi connectivity index (χ1n) is 13.5. The second-order valence-corrected chi connectivity index (χ2v) is 13.9. The van der Waals surface area contributed by atoms with Crippen molar-refractivity contribution >= 4 is 10.0 Å². The number of nitrogens with zero attached hydrogens (tertiary/aromatic N) is 1. The standard InChI is InChI=1S/C23H31F20N2O3S/c1-45(2,46)6-3-5-44-49(47,48)7-4-13(19(29,30)31)8-14(20(32,33)34)9-15(21(35,36)37)10-16(24,25)11-17(26,27)12-18(28,22(38,39)40)23(41,42)43/h13-15,44,46H,3-12H2,1-2H3/q+1. The summed E-state index contributed by atoms with van der Waals surface area (Å²) in [6, 6.07) is 0. The van der Waals surface area contributed by atoms with Gasteiger partial charge < -0.3 is 0 Å². The summed E-state index contributed by atoms with van der Waals surface area (Å²) in [7, 11) is -2.17. The molecule has 0 saturated carbocycles. The van der Waals surface area contributed by atoms with Crippen LogP contribution in [0.25, 0.3) is 0 Å². The van der Waals surface area contributed by atoms with Gasteiger partial charge >= 0.3 is 36.6 Å². The van der Waals surface area contributed by atoms with Crippen LogP contribution in [0.3, 0.4) is 0 Å². The minimum atomic E-state index is -7.21. The van der Waals surface area contributed by atoms with Crippen molar-refractivity contribution in [3.8, 4) is 0 Å². The van der Waals surface area contributed by atoms with Gasteiger partial charge in [0.1, 0.15) is 6.54 Å². The van der Waals surface area contributed by atoms with Crippen LogP contribution in [0.2, 0.25) is 0 Å². The number of hydroxylamine groups is 3. The van der Waals surface area contributed by atoms with Crippen molar-refractivity contribution in [2.75, 3.05) is 32.9 Å². The lowest BCUT2D eigenvalue weighted by Gasteiger charge is -2.35.